The summed E-state index contributed by atoms with van der Waals surface area (Å²) in [5.74, 6) is 0.215. The second kappa shape index (κ2) is 7.44. The van der Waals surface area contributed by atoms with Crippen LogP contribution >= 0.6 is 0 Å². The van der Waals surface area contributed by atoms with E-state index >= 15 is 0 Å². The second-order valence-electron chi connectivity index (χ2n) is 6.07. The van der Waals surface area contributed by atoms with Crippen molar-refractivity contribution in [2.75, 3.05) is 7.11 Å². The molecule has 1 aliphatic carbocycles. The molecule has 2 unspecified atom stereocenters. The lowest BCUT2D eigenvalue weighted by Gasteiger charge is -2.36. The molecule has 0 heterocycles. The number of ketones is 1. The minimum absolute atomic E-state index is 0.0217. The van der Waals surface area contributed by atoms with Gasteiger partial charge in [-0.2, -0.15) is 0 Å². The van der Waals surface area contributed by atoms with Crippen LogP contribution in [0.25, 0.3) is 0 Å². The number of carbonyl (C=O) groups excluding carboxylic acids is 2. The highest BCUT2D eigenvalue weighted by atomic mass is 16.5. The number of carbonyl (C=O) groups is 2. The fourth-order valence-electron chi connectivity index (χ4n) is 3.04. The molecular weight excluding hydrogens is 292 g/mol. The van der Waals surface area contributed by atoms with Gasteiger partial charge in [-0.15, -0.1) is 0 Å². The molecule has 0 aliphatic heterocycles. The van der Waals surface area contributed by atoms with Crippen molar-refractivity contribution in [2.45, 2.75) is 39.7 Å². The molecule has 0 radical (unpaired) electrons. The molecule has 0 amide bonds. The molecule has 2 rings (SSSR count). The molecule has 1 aromatic carbocycles. The van der Waals surface area contributed by atoms with Gasteiger partial charge in [0.25, 0.3) is 0 Å². The van der Waals surface area contributed by atoms with Crippen LogP contribution in [-0.4, -0.2) is 18.9 Å². The zero-order valence-electron chi connectivity index (χ0n) is 14.0. The molecule has 2 atom stereocenters. The molecule has 0 saturated heterocycles. The van der Waals surface area contributed by atoms with Crippen molar-refractivity contribution in [3.8, 4) is 5.75 Å². The molecule has 1 aromatic rings. The second-order valence-corrected chi connectivity index (χ2v) is 6.07. The lowest BCUT2D eigenvalue weighted by molar-refractivity contribution is -0.165. The summed E-state index contributed by atoms with van der Waals surface area (Å²) in [6, 6.07) is 7.33. The lowest BCUT2D eigenvalue weighted by atomic mass is 9.66. The Hall–Kier alpha value is -2.10. The maximum absolute atomic E-state index is 12.6. The zero-order chi connectivity index (χ0) is 16.9. The molecule has 1 aliphatic rings. The summed E-state index contributed by atoms with van der Waals surface area (Å²) in [5, 5.41) is 0. The molecule has 0 N–H and O–H groups in total. The molecule has 124 valence electrons. The highest BCUT2D eigenvalue weighted by Crippen LogP contribution is 2.40. The van der Waals surface area contributed by atoms with E-state index < -0.39 is 11.4 Å². The SMILES string of the molecule is C/C=C/C1CCCC(=O)C1(C)C(=O)OCc1ccc(OC)cc1. The van der Waals surface area contributed by atoms with Gasteiger partial charge in [-0.3, -0.25) is 9.59 Å². The lowest BCUT2D eigenvalue weighted by Crippen LogP contribution is -2.46. The number of Topliss-reactive ketones (excluding diaryl/α,β-unsaturated/α-hetero) is 1. The number of methoxy groups -OCH3 is 1. The van der Waals surface area contributed by atoms with Crippen molar-refractivity contribution in [2.24, 2.45) is 11.3 Å². The van der Waals surface area contributed by atoms with Gasteiger partial charge < -0.3 is 9.47 Å². The summed E-state index contributed by atoms with van der Waals surface area (Å²) >= 11 is 0. The number of ether oxygens (including phenoxy) is 2. The smallest absolute Gasteiger partial charge is 0.320 e. The standard InChI is InChI=1S/C19H24O4/c1-4-6-15-7-5-8-17(20)19(15,2)18(21)23-13-14-9-11-16(22-3)12-10-14/h4,6,9-12,15H,5,7-8,13H2,1-3H3/b6-4+. The average molecular weight is 316 g/mol. The first-order valence-corrected chi connectivity index (χ1v) is 7.98. The first kappa shape index (κ1) is 17.3. The first-order chi connectivity index (χ1) is 11.0. The Bertz CT molecular complexity index is 588. The maximum atomic E-state index is 12.6. The van der Waals surface area contributed by atoms with Crippen molar-refractivity contribution >= 4 is 11.8 Å². The van der Waals surface area contributed by atoms with Gasteiger partial charge in [0, 0.05) is 6.42 Å². The van der Waals surface area contributed by atoms with Crippen LogP contribution in [0.15, 0.2) is 36.4 Å². The minimum Gasteiger partial charge on any atom is -0.497 e. The first-order valence-electron chi connectivity index (χ1n) is 7.98. The van der Waals surface area contributed by atoms with Gasteiger partial charge in [0.2, 0.25) is 0 Å². The zero-order valence-corrected chi connectivity index (χ0v) is 14.0. The Morgan fingerprint density at radius 3 is 2.65 bits per heavy atom. The van der Waals surface area contributed by atoms with Crippen molar-refractivity contribution in [1.82, 2.24) is 0 Å². The largest absolute Gasteiger partial charge is 0.497 e. The summed E-state index contributed by atoms with van der Waals surface area (Å²) in [4.78, 5) is 25.0. The Labute approximate surface area is 137 Å². The van der Waals surface area contributed by atoms with Crippen LogP contribution < -0.4 is 4.74 Å². The number of benzene rings is 1. The van der Waals surface area contributed by atoms with Crippen LogP contribution in [0.1, 0.15) is 38.7 Å². The molecule has 0 aromatic heterocycles. The van der Waals surface area contributed by atoms with Crippen LogP contribution in [0.5, 0.6) is 5.75 Å². The Morgan fingerprint density at radius 2 is 2.04 bits per heavy atom. The van der Waals surface area contributed by atoms with Crippen molar-refractivity contribution in [3.05, 3.63) is 42.0 Å². The van der Waals surface area contributed by atoms with Crippen LogP contribution in [0, 0.1) is 11.3 Å². The highest BCUT2D eigenvalue weighted by Gasteiger charge is 2.49. The third-order valence-electron chi connectivity index (χ3n) is 4.62. The predicted molar refractivity (Wildman–Crippen MR) is 88.1 cm³/mol. The van der Waals surface area contributed by atoms with E-state index in [1.54, 1.807) is 14.0 Å². The van der Waals surface area contributed by atoms with Crippen molar-refractivity contribution < 1.29 is 19.1 Å². The third kappa shape index (κ3) is 3.63. The molecule has 0 spiro atoms. The van der Waals surface area contributed by atoms with E-state index in [1.807, 2.05) is 43.3 Å². The van der Waals surface area contributed by atoms with Crippen LogP contribution in [0.2, 0.25) is 0 Å². The molecule has 23 heavy (non-hydrogen) atoms. The summed E-state index contributed by atoms with van der Waals surface area (Å²) < 4.78 is 10.6. The van der Waals surface area contributed by atoms with E-state index in [9.17, 15) is 9.59 Å². The van der Waals surface area contributed by atoms with Gasteiger partial charge in [0.15, 0.2) is 5.78 Å². The fourth-order valence-corrected chi connectivity index (χ4v) is 3.04. The van der Waals surface area contributed by atoms with Crippen molar-refractivity contribution in [1.29, 1.82) is 0 Å². The van der Waals surface area contributed by atoms with E-state index in [0.29, 0.717) is 6.42 Å². The molecular formula is C19H24O4. The third-order valence-corrected chi connectivity index (χ3v) is 4.62. The molecule has 0 bridgehead atoms. The van der Waals surface area contributed by atoms with E-state index in [0.717, 1.165) is 24.2 Å². The molecule has 4 nitrogen and oxygen atoms in total. The Balaban J connectivity index is 2.08. The maximum Gasteiger partial charge on any atom is 0.320 e. The Kier molecular flexibility index (Phi) is 5.59. The van der Waals surface area contributed by atoms with Crippen molar-refractivity contribution in [3.63, 3.8) is 0 Å². The summed E-state index contributed by atoms with van der Waals surface area (Å²) in [7, 11) is 1.60. The average Bonchev–Trinajstić information content (AvgIpc) is 2.57. The minimum atomic E-state index is -1.07. The molecule has 1 saturated carbocycles. The number of esters is 1. The fraction of sp³-hybridized carbons (Fsp3) is 0.474. The summed E-state index contributed by atoms with van der Waals surface area (Å²) in [5.41, 5.74) is -0.203. The van der Waals surface area contributed by atoms with Gasteiger partial charge in [-0.1, -0.05) is 24.3 Å². The van der Waals surface area contributed by atoms with Crippen LogP contribution in [0.4, 0.5) is 0 Å². The van der Waals surface area contributed by atoms with Gasteiger partial charge >= 0.3 is 5.97 Å². The van der Waals surface area contributed by atoms with Gasteiger partial charge in [-0.05, 0) is 50.3 Å². The van der Waals surface area contributed by atoms with Gasteiger partial charge in [-0.25, -0.2) is 0 Å². The normalized spacial score (nSPS) is 24.7. The number of rotatable bonds is 5. The van der Waals surface area contributed by atoms with Gasteiger partial charge in [0.1, 0.15) is 17.8 Å². The monoisotopic (exact) mass is 316 g/mol. The molecule has 4 heteroatoms. The number of hydrogen-bond acceptors (Lipinski definition) is 4. The topological polar surface area (TPSA) is 52.6 Å². The number of hydrogen-bond donors (Lipinski definition) is 0. The van der Waals surface area contributed by atoms with Crippen LogP contribution in [0.3, 0.4) is 0 Å². The molecule has 1 fully saturated rings. The van der Waals surface area contributed by atoms with Crippen LogP contribution in [-0.2, 0) is 20.9 Å². The quantitative estimate of drug-likeness (QED) is 0.472. The van der Waals surface area contributed by atoms with E-state index in [1.165, 1.54) is 0 Å². The van der Waals surface area contributed by atoms with E-state index in [4.69, 9.17) is 9.47 Å². The van der Waals surface area contributed by atoms with E-state index in [-0.39, 0.29) is 18.3 Å². The van der Waals surface area contributed by atoms with Gasteiger partial charge in [0.05, 0.1) is 7.11 Å². The Morgan fingerprint density at radius 1 is 1.35 bits per heavy atom. The predicted octanol–water partition coefficient (Wildman–Crippen LogP) is 3.69. The highest BCUT2D eigenvalue weighted by molar-refractivity contribution is 6.04. The summed E-state index contributed by atoms with van der Waals surface area (Å²) in [6.07, 6.45) is 5.96. The number of allylic oxidation sites excluding steroid dienone is 2. The summed E-state index contributed by atoms with van der Waals surface area (Å²) in [6.45, 7) is 3.78. The van der Waals surface area contributed by atoms with E-state index in [2.05, 4.69) is 0 Å².